The van der Waals surface area contributed by atoms with E-state index < -0.39 is 28.3 Å². The van der Waals surface area contributed by atoms with Crippen molar-refractivity contribution in [3.63, 3.8) is 0 Å². The smallest absolute Gasteiger partial charge is 0.334 e. The molecule has 9 atom stereocenters. The van der Waals surface area contributed by atoms with E-state index in [1.807, 2.05) is 20.8 Å². The van der Waals surface area contributed by atoms with Crippen LogP contribution in [0.15, 0.2) is 11.1 Å². The van der Waals surface area contributed by atoms with Crippen LogP contribution in [0.25, 0.3) is 0 Å². The predicted octanol–water partition coefficient (Wildman–Crippen LogP) is 2.35. The minimum atomic E-state index is -1.23. The highest BCUT2D eigenvalue weighted by molar-refractivity contribution is 6.22. The van der Waals surface area contributed by atoms with Crippen LogP contribution in [0.1, 0.15) is 47.0 Å². The van der Waals surface area contributed by atoms with Gasteiger partial charge in [-0.1, -0.05) is 20.8 Å². The Morgan fingerprint density at radius 3 is 2.79 bits per heavy atom. The third-order valence-corrected chi connectivity index (χ3v) is 9.72. The van der Waals surface area contributed by atoms with Crippen LogP contribution < -0.4 is 0 Å². The maximum Gasteiger partial charge on any atom is 0.334 e. The Labute approximate surface area is 175 Å². The zero-order chi connectivity index (χ0) is 20.6. The standard InChI is InChI=1S/C22H29ClO6/c1-5-26-18-20(25,10(2)3)15(23)16-22(29-16)19(4)7-6-11-12(9-27-17(11)24)13(19)8-14-21(18,22)28-14/h10,13-16,18,25H,5-9H2,1-4H3. The molecule has 29 heavy (non-hydrogen) atoms. The Morgan fingerprint density at radius 1 is 1.34 bits per heavy atom. The number of hydrogen-bond acceptors (Lipinski definition) is 6. The largest absolute Gasteiger partial charge is 0.458 e. The predicted molar refractivity (Wildman–Crippen MR) is 103 cm³/mol. The summed E-state index contributed by atoms with van der Waals surface area (Å²) < 4.78 is 24.7. The molecule has 4 fully saturated rings. The van der Waals surface area contributed by atoms with Crippen molar-refractivity contribution in [3.05, 3.63) is 11.1 Å². The molecule has 0 aromatic rings. The molecule has 2 saturated carbocycles. The number of alkyl halides is 1. The van der Waals surface area contributed by atoms with Gasteiger partial charge in [0.2, 0.25) is 0 Å². The van der Waals surface area contributed by atoms with Gasteiger partial charge in [0, 0.05) is 17.6 Å². The van der Waals surface area contributed by atoms with Gasteiger partial charge in [0.1, 0.15) is 30.0 Å². The highest BCUT2D eigenvalue weighted by Crippen LogP contribution is 2.80. The molecule has 0 aromatic carbocycles. The van der Waals surface area contributed by atoms with Gasteiger partial charge in [0.25, 0.3) is 0 Å². The molecule has 0 bridgehead atoms. The lowest BCUT2D eigenvalue weighted by Gasteiger charge is -2.57. The van der Waals surface area contributed by atoms with Crippen LogP contribution in [0.2, 0.25) is 0 Å². The molecule has 2 saturated heterocycles. The summed E-state index contributed by atoms with van der Waals surface area (Å²) in [6.45, 7) is 9.02. The van der Waals surface area contributed by atoms with Gasteiger partial charge in [-0.15, -0.1) is 11.6 Å². The SMILES string of the molecule is CCOC1C(O)(C(C)C)C(Cl)C2OC23C2(C)CCC4=C(COC4=O)C2CC2OC213. The molecule has 0 amide bonds. The van der Waals surface area contributed by atoms with E-state index in [0.717, 1.165) is 24.0 Å². The summed E-state index contributed by atoms with van der Waals surface area (Å²) in [6, 6.07) is 0. The Morgan fingerprint density at radius 2 is 2.10 bits per heavy atom. The van der Waals surface area contributed by atoms with Crippen molar-refractivity contribution in [2.45, 2.75) is 87.4 Å². The first kappa shape index (κ1) is 19.1. The van der Waals surface area contributed by atoms with Gasteiger partial charge in [-0.25, -0.2) is 4.79 Å². The zero-order valence-electron chi connectivity index (χ0n) is 17.4. The van der Waals surface area contributed by atoms with E-state index in [0.29, 0.717) is 19.6 Å². The molecule has 3 heterocycles. The van der Waals surface area contributed by atoms with Crippen molar-refractivity contribution < 1.29 is 28.8 Å². The number of cyclic esters (lactones) is 1. The molecule has 160 valence electrons. The van der Waals surface area contributed by atoms with Crippen LogP contribution in [0, 0.1) is 17.3 Å². The molecule has 3 aliphatic carbocycles. The van der Waals surface area contributed by atoms with E-state index in [4.69, 9.17) is 30.5 Å². The summed E-state index contributed by atoms with van der Waals surface area (Å²) in [5, 5.41) is 11.2. The van der Waals surface area contributed by atoms with Crippen LogP contribution in [-0.2, 0) is 23.7 Å². The van der Waals surface area contributed by atoms with Crippen molar-refractivity contribution in [2.75, 3.05) is 13.2 Å². The molecule has 7 heteroatoms. The topological polar surface area (TPSA) is 80.8 Å². The minimum absolute atomic E-state index is 0.0703. The highest BCUT2D eigenvalue weighted by atomic mass is 35.5. The first-order chi connectivity index (χ1) is 13.7. The van der Waals surface area contributed by atoms with Crippen molar-refractivity contribution in [2.24, 2.45) is 17.3 Å². The van der Waals surface area contributed by atoms with E-state index in [1.165, 1.54) is 0 Å². The van der Waals surface area contributed by atoms with E-state index >= 15 is 0 Å². The monoisotopic (exact) mass is 424 g/mol. The van der Waals surface area contributed by atoms with Gasteiger partial charge in [-0.3, -0.25) is 0 Å². The van der Waals surface area contributed by atoms with E-state index in [2.05, 4.69) is 6.92 Å². The summed E-state index contributed by atoms with van der Waals surface area (Å²) >= 11 is 6.96. The number of carbonyl (C=O) groups is 1. The van der Waals surface area contributed by atoms with Gasteiger partial charge in [-0.05, 0) is 43.6 Å². The number of rotatable bonds is 3. The maximum atomic E-state index is 12.2. The molecule has 9 unspecified atom stereocenters. The lowest BCUT2D eigenvalue weighted by Crippen LogP contribution is -2.75. The van der Waals surface area contributed by atoms with Crippen LogP contribution in [0.4, 0.5) is 0 Å². The Bertz CT molecular complexity index is 841. The summed E-state index contributed by atoms with van der Waals surface area (Å²) in [5.41, 5.74) is -0.757. The molecule has 6 aliphatic rings. The van der Waals surface area contributed by atoms with Gasteiger partial charge in [0.05, 0.1) is 11.5 Å². The van der Waals surface area contributed by atoms with Crippen LogP contribution in [-0.4, -0.2) is 64.8 Å². The first-order valence-corrected chi connectivity index (χ1v) is 11.4. The summed E-state index contributed by atoms with van der Waals surface area (Å²) in [6.07, 6.45) is 1.42. The molecule has 3 aliphatic heterocycles. The number of carbonyl (C=O) groups excluding carboxylic acids is 1. The number of ether oxygens (including phenoxy) is 4. The normalized spacial score (nSPS) is 56.8. The molecule has 1 N–H and O–H groups in total. The van der Waals surface area contributed by atoms with Crippen LogP contribution >= 0.6 is 11.6 Å². The fourth-order valence-electron chi connectivity index (χ4n) is 7.63. The van der Waals surface area contributed by atoms with Crippen molar-refractivity contribution in [1.29, 1.82) is 0 Å². The van der Waals surface area contributed by atoms with E-state index in [-0.39, 0.29) is 35.4 Å². The summed E-state index contributed by atoms with van der Waals surface area (Å²) in [4.78, 5) is 12.2. The average Bonchev–Trinajstić information content (AvgIpc) is 3.56. The molecular formula is C22H29ClO6. The molecular weight excluding hydrogens is 396 g/mol. The molecule has 6 rings (SSSR count). The number of fused-ring (bicyclic) bond motifs is 2. The average molecular weight is 425 g/mol. The second kappa shape index (κ2) is 5.39. The summed E-state index contributed by atoms with van der Waals surface area (Å²) in [7, 11) is 0. The summed E-state index contributed by atoms with van der Waals surface area (Å²) in [5.74, 6) is -0.101. The number of aliphatic hydroxyl groups is 1. The van der Waals surface area contributed by atoms with Crippen molar-refractivity contribution in [3.8, 4) is 0 Å². The van der Waals surface area contributed by atoms with Gasteiger partial charge in [0.15, 0.2) is 5.60 Å². The van der Waals surface area contributed by atoms with Crippen LogP contribution in [0.3, 0.4) is 0 Å². The van der Waals surface area contributed by atoms with Crippen molar-refractivity contribution in [1.82, 2.24) is 0 Å². The van der Waals surface area contributed by atoms with Crippen molar-refractivity contribution >= 4 is 17.6 Å². The zero-order valence-corrected chi connectivity index (χ0v) is 18.1. The number of halogens is 1. The Balaban J connectivity index is 1.50. The van der Waals surface area contributed by atoms with Gasteiger partial charge < -0.3 is 24.1 Å². The quantitative estimate of drug-likeness (QED) is 0.425. The third kappa shape index (κ3) is 1.78. The Kier molecular flexibility index (Phi) is 3.54. The lowest BCUT2D eigenvalue weighted by atomic mass is 9.46. The third-order valence-electron chi connectivity index (χ3n) is 9.15. The molecule has 2 spiro atoms. The molecule has 0 aromatic heterocycles. The van der Waals surface area contributed by atoms with Gasteiger partial charge in [-0.2, -0.15) is 0 Å². The maximum absolute atomic E-state index is 12.2. The highest BCUT2D eigenvalue weighted by Gasteiger charge is 2.96. The minimum Gasteiger partial charge on any atom is -0.458 e. The lowest BCUT2D eigenvalue weighted by molar-refractivity contribution is -0.197. The van der Waals surface area contributed by atoms with Gasteiger partial charge >= 0.3 is 5.97 Å². The Hall–Kier alpha value is -0.660. The number of epoxide rings is 2. The second-order valence-corrected chi connectivity index (χ2v) is 10.7. The first-order valence-electron chi connectivity index (χ1n) is 10.9. The number of esters is 1. The fourth-order valence-corrected chi connectivity index (χ4v) is 8.23. The second-order valence-electron chi connectivity index (χ2n) is 10.2. The molecule has 0 radical (unpaired) electrons. The fraction of sp³-hybridized carbons (Fsp3) is 0.864. The van der Waals surface area contributed by atoms with E-state index in [9.17, 15) is 9.90 Å². The van der Waals surface area contributed by atoms with Crippen LogP contribution in [0.5, 0.6) is 0 Å². The van der Waals surface area contributed by atoms with E-state index in [1.54, 1.807) is 0 Å². The molecule has 6 nitrogen and oxygen atoms in total. The number of hydrogen-bond donors (Lipinski definition) is 1.